The maximum absolute atomic E-state index is 13.4. The minimum atomic E-state index is -0.259. The first-order valence-corrected chi connectivity index (χ1v) is 7.40. The Morgan fingerprint density at radius 2 is 2.10 bits per heavy atom. The Kier molecular flexibility index (Phi) is 4.53. The number of rotatable bonds is 4. The van der Waals surface area contributed by atoms with E-state index in [1.807, 2.05) is 6.07 Å². The maximum Gasteiger partial charge on any atom is 0.145 e. The predicted molar refractivity (Wildman–Crippen MR) is 81.1 cm³/mol. The number of methoxy groups -OCH3 is 1. The van der Waals surface area contributed by atoms with E-state index in [1.165, 1.54) is 12.1 Å². The zero-order chi connectivity index (χ0) is 14.8. The molecule has 1 aromatic carbocycles. The van der Waals surface area contributed by atoms with E-state index in [1.54, 1.807) is 7.11 Å². The summed E-state index contributed by atoms with van der Waals surface area (Å²) in [6.45, 7) is 8.47. The number of halogens is 1. The second kappa shape index (κ2) is 6.00. The van der Waals surface area contributed by atoms with E-state index in [-0.39, 0.29) is 11.4 Å². The summed E-state index contributed by atoms with van der Waals surface area (Å²) in [4.78, 5) is 2.34. The van der Waals surface area contributed by atoms with Crippen LogP contribution in [0.3, 0.4) is 0 Å². The van der Waals surface area contributed by atoms with E-state index in [0.717, 1.165) is 31.6 Å². The Hall–Kier alpha value is -1.29. The molecule has 1 unspecified atom stereocenters. The van der Waals surface area contributed by atoms with Gasteiger partial charge in [-0.15, -0.1) is 0 Å². The van der Waals surface area contributed by atoms with Gasteiger partial charge in [0.05, 0.1) is 12.8 Å². The van der Waals surface area contributed by atoms with E-state index >= 15 is 0 Å². The lowest BCUT2D eigenvalue weighted by Gasteiger charge is -2.48. The minimum Gasteiger partial charge on any atom is -0.494 e. The van der Waals surface area contributed by atoms with Crippen molar-refractivity contribution in [2.24, 2.45) is 0 Å². The van der Waals surface area contributed by atoms with Crippen molar-refractivity contribution < 1.29 is 9.13 Å². The van der Waals surface area contributed by atoms with Crippen molar-refractivity contribution in [3.8, 4) is 5.75 Å². The van der Waals surface area contributed by atoms with Gasteiger partial charge >= 0.3 is 0 Å². The second-order valence-electron chi connectivity index (χ2n) is 5.66. The maximum atomic E-state index is 13.4. The number of nitrogens with one attached hydrogen (secondary N) is 1. The Bertz CT molecular complexity index is 460. The molecule has 112 valence electrons. The highest BCUT2D eigenvalue weighted by atomic mass is 19.1. The standard InChI is InChI=1S/C16H25FN2O/c1-5-16(6-2)11-19(12(3)10-18-16)14-8-7-13(17)9-15(14)20-4/h7-9,12,18H,5-6,10-11H2,1-4H3. The van der Waals surface area contributed by atoms with E-state index < -0.39 is 0 Å². The van der Waals surface area contributed by atoms with Gasteiger partial charge in [-0.1, -0.05) is 13.8 Å². The Balaban J connectivity index is 2.34. The van der Waals surface area contributed by atoms with Gasteiger partial charge in [0.1, 0.15) is 11.6 Å². The Morgan fingerprint density at radius 3 is 2.70 bits per heavy atom. The van der Waals surface area contributed by atoms with Gasteiger partial charge < -0.3 is 15.0 Å². The highest BCUT2D eigenvalue weighted by Crippen LogP contribution is 2.34. The van der Waals surface area contributed by atoms with Crippen molar-refractivity contribution in [1.29, 1.82) is 0 Å². The molecule has 0 saturated carbocycles. The lowest BCUT2D eigenvalue weighted by atomic mass is 9.88. The van der Waals surface area contributed by atoms with Crippen LogP contribution in [0, 0.1) is 5.82 Å². The first-order valence-electron chi connectivity index (χ1n) is 7.40. The fraction of sp³-hybridized carbons (Fsp3) is 0.625. The van der Waals surface area contributed by atoms with Crippen LogP contribution in [0.5, 0.6) is 5.75 Å². The molecular weight excluding hydrogens is 255 g/mol. The van der Waals surface area contributed by atoms with E-state index in [4.69, 9.17) is 4.74 Å². The molecule has 0 radical (unpaired) electrons. The summed E-state index contributed by atoms with van der Waals surface area (Å²) < 4.78 is 18.7. The van der Waals surface area contributed by atoms with Crippen LogP contribution in [0.25, 0.3) is 0 Å². The van der Waals surface area contributed by atoms with Crippen LogP contribution in [0.4, 0.5) is 10.1 Å². The summed E-state index contributed by atoms with van der Waals surface area (Å²) in [5, 5.41) is 3.67. The average Bonchev–Trinajstić information content (AvgIpc) is 2.48. The van der Waals surface area contributed by atoms with Gasteiger partial charge in [-0.25, -0.2) is 4.39 Å². The number of hydrogen-bond acceptors (Lipinski definition) is 3. The monoisotopic (exact) mass is 280 g/mol. The van der Waals surface area contributed by atoms with Gasteiger partial charge in [0.2, 0.25) is 0 Å². The molecular formula is C16H25FN2O. The topological polar surface area (TPSA) is 24.5 Å². The molecule has 20 heavy (non-hydrogen) atoms. The van der Waals surface area contributed by atoms with E-state index in [9.17, 15) is 4.39 Å². The summed E-state index contributed by atoms with van der Waals surface area (Å²) in [6, 6.07) is 5.16. The van der Waals surface area contributed by atoms with Gasteiger partial charge in [-0.05, 0) is 31.9 Å². The van der Waals surface area contributed by atoms with Crippen molar-refractivity contribution in [3.05, 3.63) is 24.0 Å². The quantitative estimate of drug-likeness (QED) is 0.916. The van der Waals surface area contributed by atoms with Crippen molar-refractivity contribution in [2.75, 3.05) is 25.1 Å². The Morgan fingerprint density at radius 1 is 1.40 bits per heavy atom. The third kappa shape index (κ3) is 2.75. The second-order valence-corrected chi connectivity index (χ2v) is 5.66. The summed E-state index contributed by atoms with van der Waals surface area (Å²) >= 11 is 0. The van der Waals surface area contributed by atoms with Gasteiger partial charge in [-0.2, -0.15) is 0 Å². The Labute approximate surface area is 121 Å². The lowest BCUT2D eigenvalue weighted by molar-refractivity contribution is 0.252. The molecule has 1 N–H and O–H groups in total. The predicted octanol–water partition coefficient (Wildman–Crippen LogP) is 3.19. The zero-order valence-electron chi connectivity index (χ0n) is 12.9. The summed E-state index contributed by atoms with van der Waals surface area (Å²) in [5.74, 6) is 0.352. The van der Waals surface area contributed by atoms with Crippen molar-refractivity contribution in [1.82, 2.24) is 5.32 Å². The fourth-order valence-corrected chi connectivity index (χ4v) is 2.95. The molecule has 0 aromatic heterocycles. The van der Waals surface area contributed by atoms with Gasteiger partial charge in [0, 0.05) is 30.7 Å². The molecule has 2 rings (SSSR count). The van der Waals surface area contributed by atoms with Crippen LogP contribution in [0.2, 0.25) is 0 Å². The number of hydrogen-bond donors (Lipinski definition) is 1. The van der Waals surface area contributed by atoms with Gasteiger partial charge in [0.25, 0.3) is 0 Å². The molecule has 1 aliphatic heterocycles. The van der Waals surface area contributed by atoms with Crippen LogP contribution >= 0.6 is 0 Å². The highest BCUT2D eigenvalue weighted by molar-refractivity contribution is 5.60. The molecule has 1 heterocycles. The number of nitrogens with zero attached hydrogens (tertiary/aromatic N) is 1. The number of ether oxygens (including phenoxy) is 1. The van der Waals surface area contributed by atoms with Crippen LogP contribution < -0.4 is 15.0 Å². The molecule has 3 nitrogen and oxygen atoms in total. The molecule has 1 aliphatic rings. The van der Waals surface area contributed by atoms with Crippen LogP contribution in [-0.4, -0.2) is 31.8 Å². The van der Waals surface area contributed by atoms with E-state index in [0.29, 0.717) is 11.8 Å². The van der Waals surface area contributed by atoms with Crippen molar-refractivity contribution >= 4 is 5.69 Å². The third-order valence-corrected chi connectivity index (χ3v) is 4.58. The molecule has 0 aliphatic carbocycles. The molecule has 1 aromatic rings. The summed E-state index contributed by atoms with van der Waals surface area (Å²) in [6.07, 6.45) is 2.16. The largest absolute Gasteiger partial charge is 0.494 e. The normalized spacial score (nSPS) is 21.9. The highest BCUT2D eigenvalue weighted by Gasteiger charge is 2.36. The van der Waals surface area contributed by atoms with Crippen LogP contribution in [0.1, 0.15) is 33.6 Å². The molecule has 0 spiro atoms. The summed E-state index contributed by atoms with van der Waals surface area (Å²) in [5.41, 5.74) is 1.11. The summed E-state index contributed by atoms with van der Waals surface area (Å²) in [7, 11) is 1.60. The molecule has 1 fully saturated rings. The third-order valence-electron chi connectivity index (χ3n) is 4.58. The van der Waals surface area contributed by atoms with Gasteiger partial charge in [-0.3, -0.25) is 0 Å². The average molecular weight is 280 g/mol. The lowest BCUT2D eigenvalue weighted by Crippen LogP contribution is -2.63. The molecule has 1 atom stereocenters. The van der Waals surface area contributed by atoms with Gasteiger partial charge in [0.15, 0.2) is 0 Å². The smallest absolute Gasteiger partial charge is 0.145 e. The molecule has 1 saturated heterocycles. The molecule has 4 heteroatoms. The molecule has 0 bridgehead atoms. The van der Waals surface area contributed by atoms with Crippen LogP contribution in [-0.2, 0) is 0 Å². The van der Waals surface area contributed by atoms with Crippen molar-refractivity contribution in [2.45, 2.75) is 45.2 Å². The zero-order valence-corrected chi connectivity index (χ0v) is 12.9. The molecule has 0 amide bonds. The SMILES string of the molecule is CCC1(CC)CN(c2ccc(F)cc2OC)C(C)CN1. The van der Waals surface area contributed by atoms with E-state index in [2.05, 4.69) is 31.0 Å². The number of piperazine rings is 1. The number of anilines is 1. The first kappa shape index (κ1) is 15.1. The van der Waals surface area contributed by atoms with Crippen LogP contribution in [0.15, 0.2) is 18.2 Å². The number of benzene rings is 1. The van der Waals surface area contributed by atoms with Crippen molar-refractivity contribution in [3.63, 3.8) is 0 Å². The fourth-order valence-electron chi connectivity index (χ4n) is 2.95. The first-order chi connectivity index (χ1) is 9.55. The minimum absolute atomic E-state index is 0.131.